The molecule has 0 saturated heterocycles. The molecule has 19 heavy (non-hydrogen) atoms. The van der Waals surface area contributed by atoms with Crippen molar-refractivity contribution in [3.05, 3.63) is 40.9 Å². The minimum absolute atomic E-state index is 0.706. The Hall–Kier alpha value is -1.59. The molecular formula is C14H17N3OS. The largest absolute Gasteiger partial charge is 0.491 e. The van der Waals surface area contributed by atoms with Crippen molar-refractivity contribution in [1.82, 2.24) is 10.3 Å². The molecule has 0 radical (unpaired) electrons. The molecule has 2 heterocycles. The van der Waals surface area contributed by atoms with Gasteiger partial charge >= 0.3 is 0 Å². The number of aromatic nitrogens is 1. The van der Waals surface area contributed by atoms with Crippen LogP contribution in [0.1, 0.15) is 10.4 Å². The highest BCUT2D eigenvalue weighted by Gasteiger charge is 2.17. The van der Waals surface area contributed by atoms with Gasteiger partial charge in [0.15, 0.2) is 5.13 Å². The van der Waals surface area contributed by atoms with E-state index in [1.165, 1.54) is 10.4 Å². The summed E-state index contributed by atoms with van der Waals surface area (Å²) in [5.41, 5.74) is 1.23. The Morgan fingerprint density at radius 1 is 1.42 bits per heavy atom. The molecule has 1 aromatic carbocycles. The zero-order valence-corrected chi connectivity index (χ0v) is 11.7. The number of hydrogen-bond acceptors (Lipinski definition) is 5. The van der Waals surface area contributed by atoms with Crippen LogP contribution < -0.4 is 15.0 Å². The molecule has 0 aliphatic carbocycles. The SMILES string of the molecule is CNCc1cnc(N2CCOc3ccccc3C2)s1. The van der Waals surface area contributed by atoms with E-state index in [2.05, 4.69) is 27.3 Å². The molecule has 0 fully saturated rings. The third kappa shape index (κ3) is 2.72. The molecule has 3 rings (SSSR count). The average molecular weight is 275 g/mol. The second-order valence-corrected chi connectivity index (χ2v) is 5.61. The Balaban J connectivity index is 1.81. The van der Waals surface area contributed by atoms with E-state index in [-0.39, 0.29) is 0 Å². The first-order valence-corrected chi connectivity index (χ1v) is 7.23. The van der Waals surface area contributed by atoms with Gasteiger partial charge in [-0.3, -0.25) is 0 Å². The molecule has 5 heteroatoms. The third-order valence-electron chi connectivity index (χ3n) is 3.12. The highest BCUT2D eigenvalue weighted by molar-refractivity contribution is 7.15. The zero-order chi connectivity index (χ0) is 13.1. The first-order chi connectivity index (χ1) is 9.36. The van der Waals surface area contributed by atoms with Gasteiger partial charge in [0.1, 0.15) is 12.4 Å². The maximum absolute atomic E-state index is 5.78. The molecule has 0 saturated carbocycles. The normalized spacial score (nSPS) is 14.7. The fraction of sp³-hybridized carbons (Fsp3) is 0.357. The van der Waals surface area contributed by atoms with Gasteiger partial charge in [-0.1, -0.05) is 18.2 Å². The Kier molecular flexibility index (Phi) is 3.66. The molecule has 0 atom stereocenters. The van der Waals surface area contributed by atoms with Crippen LogP contribution >= 0.6 is 11.3 Å². The van der Waals surface area contributed by atoms with Gasteiger partial charge in [0.05, 0.1) is 6.54 Å². The van der Waals surface area contributed by atoms with Gasteiger partial charge in [0.2, 0.25) is 0 Å². The van der Waals surface area contributed by atoms with Crippen LogP contribution in [0.15, 0.2) is 30.5 Å². The number of fused-ring (bicyclic) bond motifs is 1. The van der Waals surface area contributed by atoms with Crippen molar-refractivity contribution < 1.29 is 4.74 Å². The second kappa shape index (κ2) is 5.59. The highest BCUT2D eigenvalue weighted by Crippen LogP contribution is 2.28. The van der Waals surface area contributed by atoms with E-state index in [9.17, 15) is 0 Å². The Morgan fingerprint density at radius 3 is 3.21 bits per heavy atom. The monoisotopic (exact) mass is 275 g/mol. The number of rotatable bonds is 3. The summed E-state index contributed by atoms with van der Waals surface area (Å²) in [4.78, 5) is 8.07. The van der Waals surface area contributed by atoms with Gasteiger partial charge in [-0.2, -0.15) is 0 Å². The lowest BCUT2D eigenvalue weighted by Gasteiger charge is -2.18. The molecule has 2 aromatic rings. The summed E-state index contributed by atoms with van der Waals surface area (Å²) in [5.74, 6) is 0.997. The summed E-state index contributed by atoms with van der Waals surface area (Å²) in [5, 5.41) is 4.23. The summed E-state index contributed by atoms with van der Waals surface area (Å²) in [6.07, 6.45) is 1.95. The average Bonchev–Trinajstić information content (AvgIpc) is 2.78. The molecule has 0 spiro atoms. The van der Waals surface area contributed by atoms with E-state index in [0.29, 0.717) is 6.61 Å². The molecule has 100 valence electrons. The van der Waals surface area contributed by atoms with Crippen LogP contribution in [0.5, 0.6) is 5.75 Å². The topological polar surface area (TPSA) is 37.4 Å². The maximum Gasteiger partial charge on any atom is 0.185 e. The van der Waals surface area contributed by atoms with Crippen LogP contribution in [0.3, 0.4) is 0 Å². The van der Waals surface area contributed by atoms with E-state index in [1.807, 2.05) is 25.4 Å². The first kappa shape index (κ1) is 12.4. The number of benzene rings is 1. The number of anilines is 1. The fourth-order valence-corrected chi connectivity index (χ4v) is 3.14. The lowest BCUT2D eigenvalue weighted by molar-refractivity contribution is 0.331. The Labute approximate surface area is 117 Å². The molecule has 1 N–H and O–H groups in total. The lowest BCUT2D eigenvalue weighted by Crippen LogP contribution is -2.24. The smallest absolute Gasteiger partial charge is 0.185 e. The minimum atomic E-state index is 0.706. The van der Waals surface area contributed by atoms with Crippen molar-refractivity contribution in [3.8, 4) is 5.75 Å². The van der Waals surface area contributed by atoms with Crippen molar-refractivity contribution >= 4 is 16.5 Å². The van der Waals surface area contributed by atoms with Gasteiger partial charge in [0, 0.05) is 29.7 Å². The number of thiazole rings is 1. The molecule has 1 aliphatic rings. The van der Waals surface area contributed by atoms with E-state index in [4.69, 9.17) is 4.74 Å². The van der Waals surface area contributed by atoms with Gasteiger partial charge in [0.25, 0.3) is 0 Å². The van der Waals surface area contributed by atoms with Crippen LogP contribution in [0.25, 0.3) is 0 Å². The van der Waals surface area contributed by atoms with Gasteiger partial charge in [-0.25, -0.2) is 4.98 Å². The molecule has 1 aliphatic heterocycles. The van der Waals surface area contributed by atoms with E-state index in [0.717, 1.165) is 30.5 Å². The standard InChI is InChI=1S/C14H17N3OS/c1-15-8-12-9-16-14(19-12)17-6-7-18-13-5-3-2-4-11(13)10-17/h2-5,9,15H,6-8,10H2,1H3. The van der Waals surface area contributed by atoms with E-state index in [1.54, 1.807) is 11.3 Å². The molecule has 0 amide bonds. The quantitative estimate of drug-likeness (QED) is 0.932. The minimum Gasteiger partial charge on any atom is -0.491 e. The summed E-state index contributed by atoms with van der Waals surface area (Å²) in [7, 11) is 1.95. The van der Waals surface area contributed by atoms with Gasteiger partial charge < -0.3 is 15.0 Å². The predicted molar refractivity (Wildman–Crippen MR) is 77.9 cm³/mol. The Bertz CT molecular complexity index is 555. The highest BCUT2D eigenvalue weighted by atomic mass is 32.1. The van der Waals surface area contributed by atoms with E-state index >= 15 is 0 Å². The summed E-state index contributed by atoms with van der Waals surface area (Å²) in [6.45, 7) is 3.32. The summed E-state index contributed by atoms with van der Waals surface area (Å²) >= 11 is 1.74. The van der Waals surface area contributed by atoms with Crippen LogP contribution in [0.2, 0.25) is 0 Å². The van der Waals surface area contributed by atoms with E-state index < -0.39 is 0 Å². The van der Waals surface area contributed by atoms with Crippen LogP contribution in [-0.2, 0) is 13.1 Å². The number of para-hydroxylation sites is 1. The van der Waals surface area contributed by atoms with Crippen LogP contribution in [0, 0.1) is 0 Å². The number of hydrogen-bond donors (Lipinski definition) is 1. The van der Waals surface area contributed by atoms with Crippen LogP contribution in [0.4, 0.5) is 5.13 Å². The van der Waals surface area contributed by atoms with Crippen molar-refractivity contribution in [1.29, 1.82) is 0 Å². The predicted octanol–water partition coefficient (Wildman–Crippen LogP) is 2.26. The summed E-state index contributed by atoms with van der Waals surface area (Å²) in [6, 6.07) is 8.23. The molecular weight excluding hydrogens is 258 g/mol. The Morgan fingerprint density at radius 2 is 2.32 bits per heavy atom. The van der Waals surface area contributed by atoms with Crippen LogP contribution in [-0.4, -0.2) is 25.2 Å². The van der Waals surface area contributed by atoms with Crippen molar-refractivity contribution in [2.45, 2.75) is 13.1 Å². The van der Waals surface area contributed by atoms with Crippen molar-refractivity contribution in [3.63, 3.8) is 0 Å². The summed E-state index contributed by atoms with van der Waals surface area (Å²) < 4.78 is 5.78. The molecule has 1 aromatic heterocycles. The number of ether oxygens (including phenoxy) is 1. The van der Waals surface area contributed by atoms with Crippen molar-refractivity contribution in [2.24, 2.45) is 0 Å². The molecule has 4 nitrogen and oxygen atoms in total. The fourth-order valence-electron chi connectivity index (χ4n) is 2.19. The zero-order valence-electron chi connectivity index (χ0n) is 10.9. The van der Waals surface area contributed by atoms with Crippen molar-refractivity contribution in [2.75, 3.05) is 25.1 Å². The molecule has 0 unspecified atom stereocenters. The first-order valence-electron chi connectivity index (χ1n) is 6.42. The number of nitrogens with one attached hydrogen (secondary N) is 1. The second-order valence-electron chi connectivity index (χ2n) is 4.52. The third-order valence-corrected chi connectivity index (χ3v) is 4.17. The van der Waals surface area contributed by atoms with Gasteiger partial charge in [-0.15, -0.1) is 11.3 Å². The maximum atomic E-state index is 5.78. The number of nitrogens with zero attached hydrogens (tertiary/aromatic N) is 2. The molecule has 0 bridgehead atoms. The van der Waals surface area contributed by atoms with Gasteiger partial charge in [-0.05, 0) is 13.1 Å². The lowest BCUT2D eigenvalue weighted by atomic mass is 10.2.